The van der Waals surface area contributed by atoms with Gasteiger partial charge in [-0.25, -0.2) is 9.86 Å². The first kappa shape index (κ1) is 11.4. The number of amides is 2. The summed E-state index contributed by atoms with van der Waals surface area (Å²) in [7, 11) is 2.76. The third-order valence-corrected chi connectivity index (χ3v) is 1.23. The summed E-state index contributed by atoms with van der Waals surface area (Å²) in [5, 5.41) is 11.3. The Bertz CT molecular complexity index is 237. The molecular weight excluding hydrogens is 176 g/mol. The highest BCUT2D eigenvalue weighted by Gasteiger charge is 2.05. The van der Waals surface area contributed by atoms with Crippen LogP contribution in [0.2, 0.25) is 0 Å². The lowest BCUT2D eigenvalue weighted by atomic mass is 10.4. The predicted octanol–water partition coefficient (Wildman–Crippen LogP) is 0.178. The minimum absolute atomic E-state index is 0.237. The molecule has 0 atom stereocenters. The van der Waals surface area contributed by atoms with Crippen molar-refractivity contribution >= 4 is 12.0 Å². The number of carbonyl (C=O) groups excluding carboxylic acids is 1. The monoisotopic (exact) mass is 188 g/mol. The Morgan fingerprint density at radius 3 is 2.46 bits per heavy atom. The Morgan fingerprint density at radius 2 is 2.08 bits per heavy atom. The van der Waals surface area contributed by atoms with E-state index < -0.39 is 12.0 Å². The van der Waals surface area contributed by atoms with Crippen molar-refractivity contribution in [2.24, 2.45) is 0 Å². The third kappa shape index (κ3) is 4.81. The first-order valence-electron chi connectivity index (χ1n) is 3.47. The van der Waals surface area contributed by atoms with Crippen molar-refractivity contribution in [2.45, 2.75) is 6.92 Å². The van der Waals surface area contributed by atoms with Gasteiger partial charge < -0.3 is 5.11 Å². The van der Waals surface area contributed by atoms with Crippen LogP contribution in [0.3, 0.4) is 0 Å². The molecule has 0 spiro atoms. The number of rotatable bonds is 3. The Labute approximate surface area is 75.7 Å². The Morgan fingerprint density at radius 1 is 1.54 bits per heavy atom. The van der Waals surface area contributed by atoms with Gasteiger partial charge >= 0.3 is 6.09 Å². The molecule has 6 nitrogen and oxygen atoms in total. The maximum absolute atomic E-state index is 11.1. The lowest BCUT2D eigenvalue weighted by molar-refractivity contribution is -0.162. The average molecular weight is 188 g/mol. The molecule has 0 bridgehead atoms. The minimum atomic E-state index is -1.21. The summed E-state index contributed by atoms with van der Waals surface area (Å²) in [5.74, 6) is -0.436. The van der Waals surface area contributed by atoms with Gasteiger partial charge in [0.2, 0.25) is 0 Å². The molecule has 0 radical (unpaired) electrons. The van der Waals surface area contributed by atoms with Gasteiger partial charge in [0, 0.05) is 18.8 Å². The molecule has 0 aliphatic heterocycles. The molecule has 74 valence electrons. The Kier molecular flexibility index (Phi) is 4.53. The van der Waals surface area contributed by atoms with Crippen LogP contribution in [-0.4, -0.2) is 36.3 Å². The zero-order chi connectivity index (χ0) is 10.4. The van der Waals surface area contributed by atoms with Gasteiger partial charge in [-0.15, -0.1) is 0 Å². The van der Waals surface area contributed by atoms with Gasteiger partial charge in [-0.1, -0.05) is 0 Å². The van der Waals surface area contributed by atoms with Crippen molar-refractivity contribution in [3.8, 4) is 0 Å². The van der Waals surface area contributed by atoms with Crippen molar-refractivity contribution in [1.29, 1.82) is 0 Å². The lowest BCUT2D eigenvalue weighted by Crippen LogP contribution is -2.26. The number of hydrogen-bond acceptors (Lipinski definition) is 3. The number of nitrogens with zero attached hydrogens (tertiary/aromatic N) is 1. The molecule has 2 amide bonds. The molecule has 2 N–H and O–H groups in total. The van der Waals surface area contributed by atoms with Crippen molar-refractivity contribution in [1.82, 2.24) is 10.4 Å². The number of carboxylic acid groups (broad SMARTS) is 1. The third-order valence-electron chi connectivity index (χ3n) is 1.23. The van der Waals surface area contributed by atoms with E-state index in [1.54, 1.807) is 0 Å². The predicted molar refractivity (Wildman–Crippen MR) is 44.7 cm³/mol. The van der Waals surface area contributed by atoms with Gasteiger partial charge in [0.25, 0.3) is 5.91 Å². The summed E-state index contributed by atoms with van der Waals surface area (Å²) in [6, 6.07) is 0. The fourth-order valence-corrected chi connectivity index (χ4v) is 0.571. The molecule has 0 saturated heterocycles. The number of nitrogens with one attached hydrogen (secondary N) is 1. The number of carbonyl (C=O) groups is 2. The molecule has 0 fully saturated rings. The van der Waals surface area contributed by atoms with E-state index >= 15 is 0 Å². The van der Waals surface area contributed by atoms with Crippen LogP contribution in [0.1, 0.15) is 6.92 Å². The van der Waals surface area contributed by atoms with Crippen molar-refractivity contribution in [3.05, 3.63) is 11.8 Å². The van der Waals surface area contributed by atoms with E-state index in [1.165, 1.54) is 21.1 Å². The maximum atomic E-state index is 11.1. The average Bonchev–Trinajstić information content (AvgIpc) is 2.01. The van der Waals surface area contributed by atoms with Gasteiger partial charge in [0.1, 0.15) is 0 Å². The van der Waals surface area contributed by atoms with Gasteiger partial charge in [-0.2, -0.15) is 0 Å². The molecule has 6 heteroatoms. The zero-order valence-corrected chi connectivity index (χ0v) is 7.70. The first-order chi connectivity index (χ1) is 5.97. The topological polar surface area (TPSA) is 78.9 Å². The van der Waals surface area contributed by atoms with Crippen molar-refractivity contribution in [3.63, 3.8) is 0 Å². The smallest absolute Gasteiger partial charge is 0.408 e. The first-order valence-corrected chi connectivity index (χ1v) is 3.47. The standard InChI is InChI=1S/C7H12N2O4/c1-5(8-7(11)12)4-6(10)9(2)13-3/h4,8H,1-3H3,(H,11,12). The second-order valence-corrected chi connectivity index (χ2v) is 2.28. The molecule has 0 heterocycles. The zero-order valence-electron chi connectivity index (χ0n) is 7.70. The van der Waals surface area contributed by atoms with E-state index in [-0.39, 0.29) is 5.70 Å². The van der Waals surface area contributed by atoms with Crippen LogP contribution >= 0.6 is 0 Å². The number of hydroxylamine groups is 2. The summed E-state index contributed by atoms with van der Waals surface area (Å²) in [5.41, 5.74) is 0.237. The summed E-state index contributed by atoms with van der Waals surface area (Å²) in [6.07, 6.45) is -0.0842. The fourth-order valence-electron chi connectivity index (χ4n) is 0.571. The van der Waals surface area contributed by atoms with Crippen LogP contribution < -0.4 is 5.32 Å². The van der Waals surface area contributed by atoms with E-state index in [0.29, 0.717) is 0 Å². The second kappa shape index (κ2) is 5.15. The molecular formula is C7H12N2O4. The van der Waals surface area contributed by atoms with Crippen molar-refractivity contribution in [2.75, 3.05) is 14.2 Å². The fraction of sp³-hybridized carbons (Fsp3) is 0.429. The van der Waals surface area contributed by atoms with Crippen LogP contribution in [0.5, 0.6) is 0 Å². The number of likely N-dealkylation sites (N-methyl/N-ethyl adjacent to an activating group) is 1. The van der Waals surface area contributed by atoms with E-state index in [9.17, 15) is 9.59 Å². The highest BCUT2D eigenvalue weighted by molar-refractivity contribution is 5.87. The van der Waals surface area contributed by atoms with Gasteiger partial charge in [0.05, 0.1) is 7.11 Å². The summed E-state index contributed by atoms with van der Waals surface area (Å²) >= 11 is 0. The van der Waals surface area contributed by atoms with Crippen LogP contribution in [-0.2, 0) is 9.63 Å². The molecule has 0 aliphatic carbocycles. The Hall–Kier alpha value is -1.56. The Balaban J connectivity index is 4.21. The normalized spacial score (nSPS) is 10.8. The van der Waals surface area contributed by atoms with E-state index in [4.69, 9.17) is 5.11 Å². The summed E-state index contributed by atoms with van der Waals surface area (Å²) in [4.78, 5) is 25.8. The van der Waals surface area contributed by atoms with E-state index in [0.717, 1.165) is 11.1 Å². The molecule has 0 saturated carbocycles. The van der Waals surface area contributed by atoms with Crippen LogP contribution in [0, 0.1) is 0 Å². The lowest BCUT2D eigenvalue weighted by Gasteiger charge is -2.11. The maximum Gasteiger partial charge on any atom is 0.408 e. The second-order valence-electron chi connectivity index (χ2n) is 2.28. The quantitative estimate of drug-likeness (QED) is 0.489. The molecule has 0 aliphatic rings. The van der Waals surface area contributed by atoms with E-state index in [2.05, 4.69) is 4.84 Å². The van der Waals surface area contributed by atoms with Crippen molar-refractivity contribution < 1.29 is 19.5 Å². The van der Waals surface area contributed by atoms with E-state index in [1.807, 2.05) is 5.32 Å². The van der Waals surface area contributed by atoms with Crippen LogP contribution in [0.4, 0.5) is 4.79 Å². The van der Waals surface area contributed by atoms with Crippen LogP contribution in [0.25, 0.3) is 0 Å². The highest BCUT2D eigenvalue weighted by atomic mass is 16.7. The number of hydrogen-bond donors (Lipinski definition) is 2. The van der Waals surface area contributed by atoms with Gasteiger partial charge in [-0.05, 0) is 6.92 Å². The highest BCUT2D eigenvalue weighted by Crippen LogP contribution is 1.91. The molecule has 0 aromatic heterocycles. The SMILES string of the molecule is CON(C)C(=O)C=C(C)NC(=O)O. The summed E-state index contributed by atoms with van der Waals surface area (Å²) < 4.78 is 0. The molecule has 0 rings (SSSR count). The van der Waals surface area contributed by atoms with Crippen LogP contribution in [0.15, 0.2) is 11.8 Å². The molecule has 0 unspecified atom stereocenters. The van der Waals surface area contributed by atoms with Gasteiger partial charge in [0.15, 0.2) is 0 Å². The minimum Gasteiger partial charge on any atom is -0.465 e. The molecule has 0 aromatic carbocycles. The molecule has 0 aromatic rings. The largest absolute Gasteiger partial charge is 0.465 e. The summed E-state index contributed by atoms with van der Waals surface area (Å²) in [6.45, 7) is 1.47. The molecule has 13 heavy (non-hydrogen) atoms. The number of allylic oxidation sites excluding steroid dienone is 1. The van der Waals surface area contributed by atoms with Gasteiger partial charge in [-0.3, -0.25) is 14.9 Å².